The lowest BCUT2D eigenvalue weighted by atomic mass is 9.87. The number of benzene rings is 1. The highest BCUT2D eigenvalue weighted by Crippen LogP contribution is 2.27. The highest BCUT2D eigenvalue weighted by Gasteiger charge is 2.14. The van der Waals surface area contributed by atoms with E-state index in [0.717, 1.165) is 50.2 Å². The van der Waals surface area contributed by atoms with Crippen LogP contribution in [-0.2, 0) is 0 Å². The van der Waals surface area contributed by atoms with Gasteiger partial charge in [-0.2, -0.15) is 0 Å². The Bertz CT molecular complexity index is 485. The Morgan fingerprint density at radius 3 is 2.48 bits per heavy atom. The fraction of sp³-hybridized carbons (Fsp3) is 0.600. The first kappa shape index (κ1) is 16.4. The van der Waals surface area contributed by atoms with Crippen LogP contribution in [0.25, 0.3) is 5.70 Å². The summed E-state index contributed by atoms with van der Waals surface area (Å²) in [6.45, 7) is 9.28. The third-order valence-electron chi connectivity index (χ3n) is 5.21. The Hall–Kier alpha value is -1.48. The molecule has 0 spiro atoms. The quantitative estimate of drug-likeness (QED) is 0.861. The maximum atomic E-state index is 5.94. The SMILES string of the molecule is C=C(c1ccc(OCCC2CCCCC2)cc1)N1CCNCC1. The summed E-state index contributed by atoms with van der Waals surface area (Å²) in [4.78, 5) is 2.36. The Labute approximate surface area is 140 Å². The van der Waals surface area contributed by atoms with Crippen molar-refractivity contribution in [3.63, 3.8) is 0 Å². The lowest BCUT2D eigenvalue weighted by Gasteiger charge is -2.31. The van der Waals surface area contributed by atoms with Crippen LogP contribution in [0.4, 0.5) is 0 Å². The number of ether oxygens (including phenoxy) is 1. The number of hydrogen-bond donors (Lipinski definition) is 1. The summed E-state index contributed by atoms with van der Waals surface area (Å²) in [7, 11) is 0. The molecule has 0 atom stereocenters. The Kier molecular flexibility index (Phi) is 5.98. The first-order valence-corrected chi connectivity index (χ1v) is 9.21. The molecule has 1 aromatic carbocycles. The molecule has 3 heteroatoms. The zero-order chi connectivity index (χ0) is 15.9. The lowest BCUT2D eigenvalue weighted by molar-refractivity contribution is 0.246. The second-order valence-corrected chi connectivity index (χ2v) is 6.85. The van der Waals surface area contributed by atoms with E-state index in [1.165, 1.54) is 44.1 Å². The molecule has 1 aliphatic heterocycles. The van der Waals surface area contributed by atoms with E-state index >= 15 is 0 Å². The zero-order valence-electron chi connectivity index (χ0n) is 14.2. The van der Waals surface area contributed by atoms with Crippen LogP contribution in [0, 0.1) is 5.92 Å². The molecule has 2 fully saturated rings. The van der Waals surface area contributed by atoms with Crippen molar-refractivity contribution < 1.29 is 4.74 Å². The summed E-state index contributed by atoms with van der Waals surface area (Å²) in [6, 6.07) is 8.45. The van der Waals surface area contributed by atoms with Gasteiger partial charge >= 0.3 is 0 Å². The molecule has 1 heterocycles. The zero-order valence-corrected chi connectivity index (χ0v) is 14.2. The van der Waals surface area contributed by atoms with Crippen LogP contribution in [0.1, 0.15) is 44.1 Å². The number of nitrogens with one attached hydrogen (secondary N) is 1. The maximum Gasteiger partial charge on any atom is 0.119 e. The Morgan fingerprint density at radius 2 is 1.78 bits per heavy atom. The molecule has 3 nitrogen and oxygen atoms in total. The minimum Gasteiger partial charge on any atom is -0.494 e. The van der Waals surface area contributed by atoms with Gasteiger partial charge in [-0.3, -0.25) is 0 Å². The highest BCUT2D eigenvalue weighted by molar-refractivity contribution is 5.62. The van der Waals surface area contributed by atoms with Gasteiger partial charge in [0.2, 0.25) is 0 Å². The van der Waals surface area contributed by atoms with Crippen molar-refractivity contribution in [3.8, 4) is 5.75 Å². The van der Waals surface area contributed by atoms with Crippen molar-refractivity contribution in [1.29, 1.82) is 0 Å². The molecule has 1 saturated heterocycles. The predicted molar refractivity (Wildman–Crippen MR) is 96.6 cm³/mol. The van der Waals surface area contributed by atoms with E-state index in [4.69, 9.17) is 4.74 Å². The molecule has 0 radical (unpaired) electrons. The van der Waals surface area contributed by atoms with Crippen molar-refractivity contribution in [1.82, 2.24) is 10.2 Å². The van der Waals surface area contributed by atoms with Crippen LogP contribution in [0.3, 0.4) is 0 Å². The van der Waals surface area contributed by atoms with E-state index in [1.807, 2.05) is 0 Å². The number of hydrogen-bond acceptors (Lipinski definition) is 3. The number of piperazine rings is 1. The Balaban J connectivity index is 1.45. The van der Waals surface area contributed by atoms with Gasteiger partial charge in [0.25, 0.3) is 0 Å². The van der Waals surface area contributed by atoms with E-state index < -0.39 is 0 Å². The minimum atomic E-state index is 0.850. The van der Waals surface area contributed by atoms with Crippen molar-refractivity contribution >= 4 is 5.70 Å². The van der Waals surface area contributed by atoms with Crippen molar-refractivity contribution in [3.05, 3.63) is 36.4 Å². The van der Waals surface area contributed by atoms with E-state index in [2.05, 4.69) is 41.1 Å². The first-order chi connectivity index (χ1) is 11.3. The monoisotopic (exact) mass is 314 g/mol. The molecule has 1 aliphatic carbocycles. The molecule has 2 aliphatic rings. The van der Waals surface area contributed by atoms with Crippen LogP contribution < -0.4 is 10.1 Å². The van der Waals surface area contributed by atoms with Gasteiger partial charge in [0.05, 0.1) is 6.61 Å². The van der Waals surface area contributed by atoms with Crippen LogP contribution in [0.5, 0.6) is 5.75 Å². The van der Waals surface area contributed by atoms with E-state index in [-0.39, 0.29) is 0 Å². The second kappa shape index (κ2) is 8.39. The number of nitrogens with zero attached hydrogens (tertiary/aromatic N) is 1. The first-order valence-electron chi connectivity index (χ1n) is 9.21. The van der Waals surface area contributed by atoms with Crippen molar-refractivity contribution in [2.24, 2.45) is 5.92 Å². The fourth-order valence-electron chi connectivity index (χ4n) is 3.68. The van der Waals surface area contributed by atoms with E-state index in [0.29, 0.717) is 0 Å². The molecule has 0 aromatic heterocycles. The molecule has 0 amide bonds. The van der Waals surface area contributed by atoms with Gasteiger partial charge in [-0.05, 0) is 42.2 Å². The van der Waals surface area contributed by atoms with E-state index in [1.54, 1.807) is 0 Å². The number of rotatable bonds is 6. The molecular formula is C20H30N2O. The van der Waals surface area contributed by atoms with Crippen LogP contribution in [0.2, 0.25) is 0 Å². The molecule has 1 aromatic rings. The molecule has 0 unspecified atom stereocenters. The minimum absolute atomic E-state index is 0.850. The Morgan fingerprint density at radius 1 is 1.09 bits per heavy atom. The summed E-state index contributed by atoms with van der Waals surface area (Å²) < 4.78 is 5.94. The smallest absolute Gasteiger partial charge is 0.119 e. The maximum absolute atomic E-state index is 5.94. The molecule has 23 heavy (non-hydrogen) atoms. The molecular weight excluding hydrogens is 284 g/mol. The topological polar surface area (TPSA) is 24.5 Å². The second-order valence-electron chi connectivity index (χ2n) is 6.85. The summed E-state index contributed by atoms with van der Waals surface area (Å²) in [6.07, 6.45) is 8.24. The summed E-state index contributed by atoms with van der Waals surface area (Å²) in [5, 5.41) is 3.38. The summed E-state index contributed by atoms with van der Waals surface area (Å²) in [5.41, 5.74) is 2.33. The van der Waals surface area contributed by atoms with E-state index in [9.17, 15) is 0 Å². The van der Waals surface area contributed by atoms with Crippen molar-refractivity contribution in [2.75, 3.05) is 32.8 Å². The average Bonchev–Trinajstić information content (AvgIpc) is 2.63. The molecule has 3 rings (SSSR count). The summed E-state index contributed by atoms with van der Waals surface area (Å²) in [5.74, 6) is 1.87. The van der Waals surface area contributed by atoms with Gasteiger partial charge < -0.3 is 15.0 Å². The van der Waals surface area contributed by atoms with Gasteiger partial charge in [-0.1, -0.05) is 38.7 Å². The molecule has 126 valence electrons. The fourth-order valence-corrected chi connectivity index (χ4v) is 3.68. The molecule has 0 bridgehead atoms. The molecule has 1 N–H and O–H groups in total. The predicted octanol–water partition coefficient (Wildman–Crippen LogP) is 3.91. The van der Waals surface area contributed by atoms with Crippen LogP contribution >= 0.6 is 0 Å². The van der Waals surface area contributed by atoms with Gasteiger partial charge in [0.1, 0.15) is 5.75 Å². The van der Waals surface area contributed by atoms with Gasteiger partial charge in [0.15, 0.2) is 0 Å². The normalized spacial score (nSPS) is 19.6. The lowest BCUT2D eigenvalue weighted by Crippen LogP contribution is -2.42. The van der Waals surface area contributed by atoms with Gasteiger partial charge in [-0.15, -0.1) is 0 Å². The van der Waals surface area contributed by atoms with Crippen LogP contribution in [-0.4, -0.2) is 37.7 Å². The standard InChI is InChI=1S/C20H30N2O/c1-17(22-14-12-21-13-15-22)19-7-9-20(10-8-19)23-16-11-18-5-3-2-4-6-18/h7-10,18,21H,1-6,11-16H2. The van der Waals surface area contributed by atoms with Crippen molar-refractivity contribution in [2.45, 2.75) is 38.5 Å². The summed E-state index contributed by atoms with van der Waals surface area (Å²) >= 11 is 0. The van der Waals surface area contributed by atoms with Crippen LogP contribution in [0.15, 0.2) is 30.8 Å². The highest BCUT2D eigenvalue weighted by atomic mass is 16.5. The third kappa shape index (κ3) is 4.74. The largest absolute Gasteiger partial charge is 0.494 e. The van der Waals surface area contributed by atoms with Gasteiger partial charge in [0, 0.05) is 31.9 Å². The average molecular weight is 314 g/mol. The van der Waals surface area contributed by atoms with Gasteiger partial charge in [-0.25, -0.2) is 0 Å². The third-order valence-corrected chi connectivity index (χ3v) is 5.21. The molecule has 1 saturated carbocycles.